The molecule has 4 rings (SSSR count). The van der Waals surface area contributed by atoms with Crippen LogP contribution in [-0.4, -0.2) is 72.4 Å². The van der Waals surface area contributed by atoms with Gasteiger partial charge >= 0.3 is 0 Å². The van der Waals surface area contributed by atoms with E-state index in [-0.39, 0.29) is 30.2 Å². The first-order valence-corrected chi connectivity index (χ1v) is 12.4. The van der Waals surface area contributed by atoms with Crippen molar-refractivity contribution in [3.63, 3.8) is 0 Å². The molecular formula is C27H33F2N3O3. The highest BCUT2D eigenvalue weighted by molar-refractivity contribution is 5.98. The summed E-state index contributed by atoms with van der Waals surface area (Å²) in [7, 11) is 1.76. The van der Waals surface area contributed by atoms with Crippen molar-refractivity contribution in [2.75, 3.05) is 39.9 Å². The number of methoxy groups -OCH3 is 1. The Morgan fingerprint density at radius 3 is 2.46 bits per heavy atom. The maximum absolute atomic E-state index is 13.7. The molecule has 2 aromatic rings. The first-order chi connectivity index (χ1) is 16.9. The monoisotopic (exact) mass is 485 g/mol. The lowest BCUT2D eigenvalue weighted by Gasteiger charge is -2.42. The molecule has 188 valence electrons. The summed E-state index contributed by atoms with van der Waals surface area (Å²) in [6.07, 6.45) is 5.44. The highest BCUT2D eigenvalue weighted by Crippen LogP contribution is 2.25. The summed E-state index contributed by atoms with van der Waals surface area (Å²) < 4.78 is 32.1. The van der Waals surface area contributed by atoms with E-state index in [1.54, 1.807) is 31.4 Å². The van der Waals surface area contributed by atoms with Crippen LogP contribution in [0, 0.1) is 17.6 Å². The van der Waals surface area contributed by atoms with Crippen LogP contribution in [0.15, 0.2) is 36.5 Å². The van der Waals surface area contributed by atoms with Gasteiger partial charge in [-0.1, -0.05) is 12.1 Å². The molecule has 2 aliphatic rings. The topological polar surface area (TPSA) is 62.7 Å². The van der Waals surface area contributed by atoms with Gasteiger partial charge in [0, 0.05) is 56.4 Å². The van der Waals surface area contributed by atoms with Gasteiger partial charge in [-0.05, 0) is 56.7 Å². The SMILES string of the molecule is COCC1CCCN(C2CCN(C(=O)c3ccc(C(=O)CCc4ncc(F)cc4F)cc3)CC2)C1. The largest absolute Gasteiger partial charge is 0.384 e. The Hall–Kier alpha value is -2.71. The summed E-state index contributed by atoms with van der Waals surface area (Å²) >= 11 is 0. The van der Waals surface area contributed by atoms with Gasteiger partial charge in [0.2, 0.25) is 0 Å². The fraction of sp³-hybridized carbons (Fsp3) is 0.519. The zero-order valence-electron chi connectivity index (χ0n) is 20.2. The molecule has 0 saturated carbocycles. The second-order valence-electron chi connectivity index (χ2n) is 9.56. The number of carbonyl (C=O) groups excluding carboxylic acids is 2. The maximum atomic E-state index is 13.7. The zero-order chi connectivity index (χ0) is 24.8. The predicted molar refractivity (Wildman–Crippen MR) is 128 cm³/mol. The van der Waals surface area contributed by atoms with Gasteiger partial charge in [0.1, 0.15) is 11.6 Å². The van der Waals surface area contributed by atoms with Crippen molar-refractivity contribution >= 4 is 11.7 Å². The lowest BCUT2D eigenvalue weighted by Crippen LogP contribution is -2.50. The number of piperidine rings is 2. The van der Waals surface area contributed by atoms with E-state index in [4.69, 9.17) is 4.74 Å². The molecule has 1 aromatic carbocycles. The molecule has 0 aliphatic carbocycles. The van der Waals surface area contributed by atoms with Crippen molar-refractivity contribution in [3.05, 3.63) is 65.0 Å². The number of aromatic nitrogens is 1. The van der Waals surface area contributed by atoms with Crippen molar-refractivity contribution in [2.45, 2.75) is 44.6 Å². The van der Waals surface area contributed by atoms with Crippen molar-refractivity contribution in [1.82, 2.24) is 14.8 Å². The van der Waals surface area contributed by atoms with E-state index < -0.39 is 11.6 Å². The molecule has 1 atom stereocenters. The van der Waals surface area contributed by atoms with E-state index in [2.05, 4.69) is 9.88 Å². The fourth-order valence-corrected chi connectivity index (χ4v) is 5.22. The minimum atomic E-state index is -0.752. The standard InChI is InChI=1S/C27H33F2N3O3/c1-35-18-19-3-2-12-32(17-19)23-10-13-31(14-11-23)27(34)21-6-4-20(5-7-21)26(33)9-8-25-24(29)15-22(28)16-30-25/h4-7,15-16,19,23H,2-3,8-14,17-18H2,1H3. The van der Waals surface area contributed by atoms with E-state index in [1.165, 1.54) is 12.8 Å². The van der Waals surface area contributed by atoms with Crippen LogP contribution < -0.4 is 0 Å². The summed E-state index contributed by atoms with van der Waals surface area (Å²) in [6, 6.07) is 7.91. The van der Waals surface area contributed by atoms with Crippen molar-refractivity contribution in [3.8, 4) is 0 Å². The van der Waals surface area contributed by atoms with Crippen LogP contribution in [0.5, 0.6) is 0 Å². The molecule has 2 saturated heterocycles. The summed E-state index contributed by atoms with van der Waals surface area (Å²) in [5, 5.41) is 0. The smallest absolute Gasteiger partial charge is 0.253 e. The lowest BCUT2D eigenvalue weighted by molar-refractivity contribution is 0.0390. The number of halogens is 2. The molecule has 0 bridgehead atoms. The number of benzene rings is 1. The van der Waals surface area contributed by atoms with E-state index >= 15 is 0 Å². The van der Waals surface area contributed by atoms with Crippen molar-refractivity contribution < 1.29 is 23.1 Å². The first-order valence-electron chi connectivity index (χ1n) is 12.4. The maximum Gasteiger partial charge on any atom is 0.253 e. The molecule has 35 heavy (non-hydrogen) atoms. The number of hydrogen-bond acceptors (Lipinski definition) is 5. The van der Waals surface area contributed by atoms with Gasteiger partial charge in [-0.15, -0.1) is 0 Å². The number of Topliss-reactive ketones (excluding diaryl/α,β-unsaturated/α-hetero) is 1. The van der Waals surface area contributed by atoms with Crippen molar-refractivity contribution in [2.24, 2.45) is 5.92 Å². The summed E-state index contributed by atoms with van der Waals surface area (Å²) in [4.78, 5) is 33.7. The molecule has 8 heteroatoms. The van der Waals surface area contributed by atoms with Crippen LogP contribution in [-0.2, 0) is 11.2 Å². The van der Waals surface area contributed by atoms with Gasteiger partial charge in [0.05, 0.1) is 18.5 Å². The van der Waals surface area contributed by atoms with Gasteiger partial charge in [-0.2, -0.15) is 0 Å². The van der Waals surface area contributed by atoms with Gasteiger partial charge in [0.15, 0.2) is 5.78 Å². The van der Waals surface area contributed by atoms with E-state index in [0.717, 1.165) is 57.9 Å². The van der Waals surface area contributed by atoms with Crippen LogP contribution in [0.2, 0.25) is 0 Å². The molecule has 1 amide bonds. The highest BCUT2D eigenvalue weighted by Gasteiger charge is 2.30. The molecule has 0 N–H and O–H groups in total. The number of carbonyl (C=O) groups is 2. The molecule has 2 aliphatic heterocycles. The van der Waals surface area contributed by atoms with E-state index in [9.17, 15) is 18.4 Å². The third kappa shape index (κ3) is 6.49. The molecular weight excluding hydrogens is 452 g/mol. The van der Waals surface area contributed by atoms with Gasteiger partial charge in [-0.3, -0.25) is 19.5 Å². The minimum absolute atomic E-state index is 0.0177. The second kappa shape index (κ2) is 11.8. The van der Waals surface area contributed by atoms with Crippen LogP contribution in [0.25, 0.3) is 0 Å². The Morgan fingerprint density at radius 2 is 1.77 bits per heavy atom. The minimum Gasteiger partial charge on any atom is -0.384 e. The molecule has 0 spiro atoms. The third-order valence-electron chi connectivity index (χ3n) is 7.15. The number of ketones is 1. The third-order valence-corrected chi connectivity index (χ3v) is 7.15. The first kappa shape index (κ1) is 25.4. The number of hydrogen-bond donors (Lipinski definition) is 0. The molecule has 3 heterocycles. The number of rotatable bonds is 8. The fourth-order valence-electron chi connectivity index (χ4n) is 5.22. The van der Waals surface area contributed by atoms with Gasteiger partial charge in [-0.25, -0.2) is 8.78 Å². The number of pyridine rings is 1. The molecule has 0 radical (unpaired) electrons. The van der Waals surface area contributed by atoms with E-state index in [0.29, 0.717) is 23.1 Å². The van der Waals surface area contributed by atoms with E-state index in [1.807, 2.05) is 4.90 Å². The normalized spacial score (nSPS) is 19.6. The Balaban J connectivity index is 1.27. The Bertz CT molecular complexity index is 1020. The Morgan fingerprint density at radius 1 is 1.06 bits per heavy atom. The number of nitrogens with zero attached hydrogens (tertiary/aromatic N) is 3. The quantitative estimate of drug-likeness (QED) is 0.526. The molecule has 6 nitrogen and oxygen atoms in total. The number of amides is 1. The summed E-state index contributed by atoms with van der Waals surface area (Å²) in [5.41, 5.74) is 1.08. The number of aryl methyl sites for hydroxylation is 1. The summed E-state index contributed by atoms with van der Waals surface area (Å²) in [5.74, 6) is -1.10. The highest BCUT2D eigenvalue weighted by atomic mass is 19.1. The Kier molecular flexibility index (Phi) is 8.57. The number of ether oxygens (including phenoxy) is 1. The van der Waals surface area contributed by atoms with Crippen LogP contribution in [0.3, 0.4) is 0 Å². The molecule has 1 aromatic heterocycles. The van der Waals surface area contributed by atoms with Crippen LogP contribution in [0.4, 0.5) is 8.78 Å². The van der Waals surface area contributed by atoms with Crippen LogP contribution in [0.1, 0.15) is 58.5 Å². The average molecular weight is 486 g/mol. The summed E-state index contributed by atoms with van der Waals surface area (Å²) in [6.45, 7) is 4.47. The second-order valence-corrected chi connectivity index (χ2v) is 9.56. The van der Waals surface area contributed by atoms with Gasteiger partial charge < -0.3 is 9.64 Å². The predicted octanol–water partition coefficient (Wildman–Crippen LogP) is 4.14. The van der Waals surface area contributed by atoms with Crippen LogP contribution >= 0.6 is 0 Å². The average Bonchev–Trinajstić information content (AvgIpc) is 2.88. The Labute approximate surface area is 205 Å². The van der Waals surface area contributed by atoms with Crippen molar-refractivity contribution in [1.29, 1.82) is 0 Å². The lowest BCUT2D eigenvalue weighted by atomic mass is 9.94. The zero-order valence-corrected chi connectivity index (χ0v) is 20.2. The molecule has 1 unspecified atom stereocenters. The molecule has 2 fully saturated rings. The number of likely N-dealkylation sites (tertiary alicyclic amines) is 2. The van der Waals surface area contributed by atoms with Gasteiger partial charge in [0.25, 0.3) is 5.91 Å².